The summed E-state index contributed by atoms with van der Waals surface area (Å²) >= 11 is 0. The molecule has 8 nitrogen and oxygen atoms in total. The second-order valence-corrected chi connectivity index (χ2v) is 9.43. The number of benzene rings is 2. The predicted octanol–water partition coefficient (Wildman–Crippen LogP) is 1.74. The smallest absolute Gasteiger partial charge is 0.307 e. The molecule has 0 amide bonds. The summed E-state index contributed by atoms with van der Waals surface area (Å²) in [6, 6.07) is 8.84. The molecule has 0 unspecified atom stereocenters. The molecule has 3 aromatic rings. The van der Waals surface area contributed by atoms with Crippen LogP contribution >= 0.6 is 0 Å². The molecular formula is C20H19F3N4O4S. The first-order valence-electron chi connectivity index (χ1n) is 9.69. The van der Waals surface area contributed by atoms with Crippen LogP contribution in [-0.4, -0.2) is 53.8 Å². The molecule has 0 aliphatic carbocycles. The Hall–Kier alpha value is -2.96. The Balaban J connectivity index is 1.45. The molecule has 170 valence electrons. The van der Waals surface area contributed by atoms with Gasteiger partial charge in [0.1, 0.15) is 0 Å². The maximum Gasteiger partial charge on any atom is 0.416 e. The van der Waals surface area contributed by atoms with E-state index in [2.05, 4.69) is 9.97 Å². The van der Waals surface area contributed by atoms with E-state index in [0.717, 1.165) is 12.1 Å². The van der Waals surface area contributed by atoms with Crippen molar-refractivity contribution in [3.8, 4) is 0 Å². The number of hydrogen-bond acceptors (Lipinski definition) is 5. The lowest BCUT2D eigenvalue weighted by Gasteiger charge is -2.34. The SMILES string of the molecule is O=c1[nH]c(=O)c2cc(S(=O)(=O)N3CCN(Cc4ccc(C(F)(F)F)cc4)CC3)ccc2[nH]1. The van der Waals surface area contributed by atoms with Gasteiger partial charge in [0.15, 0.2) is 0 Å². The average molecular weight is 468 g/mol. The largest absolute Gasteiger partial charge is 0.416 e. The maximum absolute atomic E-state index is 13.0. The molecule has 2 heterocycles. The summed E-state index contributed by atoms with van der Waals surface area (Å²) in [6.45, 7) is 1.61. The highest BCUT2D eigenvalue weighted by atomic mass is 32.2. The molecule has 2 N–H and O–H groups in total. The summed E-state index contributed by atoms with van der Waals surface area (Å²) < 4.78 is 65.4. The Kier molecular flexibility index (Phi) is 5.69. The van der Waals surface area contributed by atoms with Crippen LogP contribution in [0.1, 0.15) is 11.1 Å². The van der Waals surface area contributed by atoms with E-state index >= 15 is 0 Å². The van der Waals surface area contributed by atoms with Crippen LogP contribution in [0.3, 0.4) is 0 Å². The molecule has 1 aromatic heterocycles. The van der Waals surface area contributed by atoms with Crippen molar-refractivity contribution in [1.82, 2.24) is 19.2 Å². The number of hydrogen-bond donors (Lipinski definition) is 2. The minimum atomic E-state index is -4.39. The van der Waals surface area contributed by atoms with Crippen LogP contribution in [0.25, 0.3) is 10.9 Å². The number of aromatic nitrogens is 2. The standard InChI is InChI=1S/C20H19F3N4O4S/c21-20(22,23)14-3-1-13(2-4-14)12-26-7-9-27(10-8-26)32(30,31)15-5-6-17-16(11-15)18(28)25-19(29)24-17/h1-6,11H,7-10,12H2,(H2,24,25,28,29). The van der Waals surface area contributed by atoms with Crippen LogP contribution in [0.4, 0.5) is 13.2 Å². The number of fused-ring (bicyclic) bond motifs is 1. The lowest BCUT2D eigenvalue weighted by Crippen LogP contribution is -2.48. The zero-order valence-electron chi connectivity index (χ0n) is 16.6. The summed E-state index contributed by atoms with van der Waals surface area (Å²) in [7, 11) is -3.86. The zero-order valence-corrected chi connectivity index (χ0v) is 17.5. The second-order valence-electron chi connectivity index (χ2n) is 7.49. The third kappa shape index (κ3) is 4.47. The molecule has 0 spiro atoms. The van der Waals surface area contributed by atoms with Crippen LogP contribution in [0.2, 0.25) is 0 Å². The van der Waals surface area contributed by atoms with Crippen LogP contribution in [0, 0.1) is 0 Å². The van der Waals surface area contributed by atoms with Crippen molar-refractivity contribution in [3.63, 3.8) is 0 Å². The lowest BCUT2D eigenvalue weighted by molar-refractivity contribution is -0.137. The van der Waals surface area contributed by atoms with Gasteiger partial charge >= 0.3 is 11.9 Å². The first-order valence-corrected chi connectivity index (χ1v) is 11.1. The van der Waals surface area contributed by atoms with Crippen molar-refractivity contribution >= 4 is 20.9 Å². The van der Waals surface area contributed by atoms with Crippen molar-refractivity contribution in [3.05, 3.63) is 74.4 Å². The number of nitrogens with zero attached hydrogens (tertiary/aromatic N) is 2. The van der Waals surface area contributed by atoms with Crippen molar-refractivity contribution in [2.45, 2.75) is 17.6 Å². The summed E-state index contributed by atoms with van der Waals surface area (Å²) in [5, 5.41) is 0.0617. The van der Waals surface area contributed by atoms with E-state index in [0.29, 0.717) is 25.2 Å². The fourth-order valence-corrected chi connectivity index (χ4v) is 5.09. The van der Waals surface area contributed by atoms with E-state index in [-0.39, 0.29) is 28.9 Å². The number of H-pyrrole nitrogens is 2. The Morgan fingerprint density at radius 2 is 1.56 bits per heavy atom. The van der Waals surface area contributed by atoms with Gasteiger partial charge in [-0.1, -0.05) is 12.1 Å². The van der Waals surface area contributed by atoms with Gasteiger partial charge in [-0.3, -0.25) is 14.7 Å². The first kappa shape index (κ1) is 22.2. The fraction of sp³-hybridized carbons (Fsp3) is 0.300. The van der Waals surface area contributed by atoms with Gasteiger partial charge in [-0.25, -0.2) is 13.2 Å². The lowest BCUT2D eigenvalue weighted by atomic mass is 10.1. The molecule has 0 bridgehead atoms. The van der Waals surface area contributed by atoms with Gasteiger partial charge in [0.05, 0.1) is 21.4 Å². The van der Waals surface area contributed by atoms with E-state index in [1.807, 2.05) is 4.90 Å². The summed E-state index contributed by atoms with van der Waals surface area (Å²) in [6.07, 6.45) is -4.39. The van der Waals surface area contributed by atoms with Gasteiger partial charge < -0.3 is 4.98 Å². The average Bonchev–Trinajstić information content (AvgIpc) is 2.73. The third-order valence-corrected chi connectivity index (χ3v) is 7.26. The van der Waals surface area contributed by atoms with E-state index in [1.54, 1.807) is 0 Å². The number of rotatable bonds is 4. The van der Waals surface area contributed by atoms with Crippen molar-refractivity contribution in [1.29, 1.82) is 0 Å². The summed E-state index contributed by atoms with van der Waals surface area (Å²) in [4.78, 5) is 29.8. The van der Waals surface area contributed by atoms with E-state index in [4.69, 9.17) is 0 Å². The van der Waals surface area contributed by atoms with Gasteiger partial charge in [-0.05, 0) is 35.9 Å². The second kappa shape index (κ2) is 8.19. The molecule has 1 fully saturated rings. The van der Waals surface area contributed by atoms with E-state index in [9.17, 15) is 31.2 Å². The minimum absolute atomic E-state index is 0.0567. The Labute approximate surface area is 180 Å². The minimum Gasteiger partial charge on any atom is -0.307 e. The van der Waals surface area contributed by atoms with Gasteiger partial charge in [-0.15, -0.1) is 0 Å². The third-order valence-electron chi connectivity index (χ3n) is 5.37. The van der Waals surface area contributed by atoms with Gasteiger partial charge in [0.25, 0.3) is 5.56 Å². The zero-order chi connectivity index (χ0) is 23.1. The normalized spacial score (nSPS) is 16.5. The highest BCUT2D eigenvalue weighted by molar-refractivity contribution is 7.89. The number of alkyl halides is 3. The monoisotopic (exact) mass is 468 g/mol. The van der Waals surface area contributed by atoms with Crippen molar-refractivity contribution < 1.29 is 21.6 Å². The van der Waals surface area contributed by atoms with Gasteiger partial charge in [0, 0.05) is 32.7 Å². The topological polar surface area (TPSA) is 106 Å². The molecule has 0 atom stereocenters. The van der Waals surface area contributed by atoms with Crippen LogP contribution < -0.4 is 11.2 Å². The van der Waals surface area contributed by atoms with Crippen molar-refractivity contribution in [2.75, 3.05) is 26.2 Å². The quantitative estimate of drug-likeness (QED) is 0.607. The fourth-order valence-electron chi connectivity index (χ4n) is 3.64. The maximum atomic E-state index is 13.0. The Morgan fingerprint density at radius 3 is 2.19 bits per heavy atom. The number of piperazine rings is 1. The molecule has 12 heteroatoms. The highest BCUT2D eigenvalue weighted by Gasteiger charge is 2.31. The molecule has 4 rings (SSSR count). The molecule has 32 heavy (non-hydrogen) atoms. The Morgan fingerprint density at radius 1 is 0.906 bits per heavy atom. The molecule has 1 saturated heterocycles. The number of aromatic amines is 2. The van der Waals surface area contributed by atoms with Crippen LogP contribution in [-0.2, 0) is 22.7 Å². The van der Waals surface area contributed by atoms with E-state index in [1.165, 1.54) is 34.6 Å². The molecule has 1 aliphatic rings. The van der Waals surface area contributed by atoms with Gasteiger partial charge in [0.2, 0.25) is 10.0 Å². The number of nitrogens with one attached hydrogen (secondary N) is 2. The molecule has 0 radical (unpaired) electrons. The van der Waals surface area contributed by atoms with Crippen LogP contribution in [0.15, 0.2) is 56.9 Å². The molecule has 1 aliphatic heterocycles. The Bertz CT molecular complexity index is 1360. The first-order chi connectivity index (χ1) is 15.0. The van der Waals surface area contributed by atoms with Crippen LogP contribution in [0.5, 0.6) is 0 Å². The van der Waals surface area contributed by atoms with Gasteiger partial charge in [-0.2, -0.15) is 17.5 Å². The molecule has 0 saturated carbocycles. The summed E-state index contributed by atoms with van der Waals surface area (Å²) in [5.41, 5.74) is -1.13. The molecule has 2 aromatic carbocycles. The number of sulfonamides is 1. The highest BCUT2D eigenvalue weighted by Crippen LogP contribution is 2.29. The predicted molar refractivity (Wildman–Crippen MR) is 111 cm³/mol. The van der Waals surface area contributed by atoms with Crippen molar-refractivity contribution in [2.24, 2.45) is 0 Å². The molecular weight excluding hydrogens is 449 g/mol. The number of halogens is 3. The van der Waals surface area contributed by atoms with E-state index < -0.39 is 33.0 Å². The summed E-state index contributed by atoms with van der Waals surface area (Å²) in [5.74, 6) is 0.